The summed E-state index contributed by atoms with van der Waals surface area (Å²) in [6.07, 6.45) is 0. The van der Waals surface area contributed by atoms with Crippen molar-refractivity contribution in [2.24, 2.45) is 5.92 Å². The number of nitrogens with zero attached hydrogens (tertiary/aromatic N) is 1. The highest BCUT2D eigenvalue weighted by atomic mass is 32.2. The lowest BCUT2D eigenvalue weighted by atomic mass is 10.2. The van der Waals surface area contributed by atoms with E-state index < -0.39 is 10.0 Å². The van der Waals surface area contributed by atoms with Gasteiger partial charge in [0, 0.05) is 26.2 Å². The van der Waals surface area contributed by atoms with E-state index in [-0.39, 0.29) is 5.75 Å². The molecule has 1 fully saturated rings. The Hall–Kier alpha value is -0.130. The summed E-state index contributed by atoms with van der Waals surface area (Å²) in [7, 11) is -2.98. The first kappa shape index (κ1) is 10.9. The normalized spacial score (nSPS) is 24.5. The van der Waals surface area contributed by atoms with Crippen molar-refractivity contribution in [3.05, 3.63) is 0 Å². The van der Waals surface area contributed by atoms with Crippen molar-refractivity contribution in [3.8, 4) is 0 Å². The van der Waals surface area contributed by atoms with E-state index in [2.05, 4.69) is 23.5 Å². The van der Waals surface area contributed by atoms with Gasteiger partial charge in [0.25, 0.3) is 0 Å². The molecule has 0 radical (unpaired) electrons. The molecule has 0 aromatic carbocycles. The fourth-order valence-corrected chi connectivity index (χ4v) is 2.54. The van der Waals surface area contributed by atoms with Crippen molar-refractivity contribution in [3.63, 3.8) is 0 Å². The summed E-state index contributed by atoms with van der Waals surface area (Å²) in [6.45, 7) is 7.32. The molecule has 0 unspecified atom stereocenters. The van der Waals surface area contributed by atoms with Gasteiger partial charge in [-0.3, -0.25) is 0 Å². The molecule has 1 N–H and O–H groups in total. The van der Waals surface area contributed by atoms with E-state index in [0.717, 1.165) is 13.1 Å². The molecular formula is C8H18N2O2S. The molecule has 1 saturated heterocycles. The minimum Gasteiger partial charge on any atom is -0.301 e. The van der Waals surface area contributed by atoms with Crippen molar-refractivity contribution in [2.45, 2.75) is 13.8 Å². The zero-order valence-corrected chi connectivity index (χ0v) is 9.10. The Balaban J connectivity index is 2.45. The van der Waals surface area contributed by atoms with Crippen molar-refractivity contribution < 1.29 is 8.42 Å². The number of rotatable bonds is 2. The first-order chi connectivity index (χ1) is 5.99. The van der Waals surface area contributed by atoms with Gasteiger partial charge in [0.15, 0.2) is 0 Å². The summed E-state index contributed by atoms with van der Waals surface area (Å²) in [4.78, 5) is 2.20. The zero-order chi connectivity index (χ0) is 9.90. The Morgan fingerprint density at radius 2 is 2.08 bits per heavy atom. The molecule has 1 aliphatic heterocycles. The number of hydrogen-bond donors (Lipinski definition) is 1. The number of sulfonamides is 1. The second-order valence-electron chi connectivity index (χ2n) is 3.91. The maximum Gasteiger partial charge on any atom is 0.212 e. The van der Waals surface area contributed by atoms with Crippen LogP contribution in [0.5, 0.6) is 0 Å². The summed E-state index contributed by atoms with van der Waals surface area (Å²) < 4.78 is 24.9. The van der Waals surface area contributed by atoms with Gasteiger partial charge in [-0.25, -0.2) is 13.1 Å². The van der Waals surface area contributed by atoms with Gasteiger partial charge in [-0.05, 0) is 5.92 Å². The average Bonchev–Trinajstić information content (AvgIpc) is 2.12. The highest BCUT2D eigenvalue weighted by Gasteiger charge is 2.18. The van der Waals surface area contributed by atoms with Crippen LogP contribution in [0.4, 0.5) is 0 Å². The monoisotopic (exact) mass is 206 g/mol. The van der Waals surface area contributed by atoms with Crippen LogP contribution in [-0.4, -0.2) is 45.2 Å². The highest BCUT2D eigenvalue weighted by Crippen LogP contribution is 2.01. The maximum absolute atomic E-state index is 11.2. The van der Waals surface area contributed by atoms with Crippen LogP contribution >= 0.6 is 0 Å². The molecule has 0 aliphatic carbocycles. The van der Waals surface area contributed by atoms with Crippen LogP contribution in [0.2, 0.25) is 0 Å². The first-order valence-electron chi connectivity index (χ1n) is 4.69. The zero-order valence-electron chi connectivity index (χ0n) is 8.28. The number of hydrogen-bond acceptors (Lipinski definition) is 3. The Morgan fingerprint density at radius 3 is 2.69 bits per heavy atom. The predicted octanol–water partition coefficient (Wildman–Crippen LogP) is -0.123. The molecule has 0 aromatic heterocycles. The maximum atomic E-state index is 11.2. The fraction of sp³-hybridized carbons (Fsp3) is 1.00. The van der Waals surface area contributed by atoms with E-state index in [9.17, 15) is 8.42 Å². The second-order valence-corrected chi connectivity index (χ2v) is 5.83. The number of nitrogens with one attached hydrogen (secondary N) is 1. The Kier molecular flexibility index (Phi) is 3.70. The molecule has 1 heterocycles. The van der Waals surface area contributed by atoms with Crippen LogP contribution in [0.25, 0.3) is 0 Å². The van der Waals surface area contributed by atoms with E-state index in [1.807, 2.05) is 0 Å². The van der Waals surface area contributed by atoms with Crippen LogP contribution in [-0.2, 0) is 10.0 Å². The highest BCUT2D eigenvalue weighted by molar-refractivity contribution is 7.89. The molecular weight excluding hydrogens is 188 g/mol. The Bertz CT molecular complexity index is 249. The molecule has 13 heavy (non-hydrogen) atoms. The fourth-order valence-electron chi connectivity index (χ4n) is 1.49. The molecule has 0 bridgehead atoms. The van der Waals surface area contributed by atoms with Gasteiger partial charge in [-0.15, -0.1) is 0 Å². The lowest BCUT2D eigenvalue weighted by molar-refractivity contribution is 0.267. The molecule has 1 aliphatic rings. The van der Waals surface area contributed by atoms with Gasteiger partial charge >= 0.3 is 0 Å². The van der Waals surface area contributed by atoms with E-state index in [0.29, 0.717) is 19.0 Å². The van der Waals surface area contributed by atoms with Crippen molar-refractivity contribution in [1.82, 2.24) is 9.62 Å². The van der Waals surface area contributed by atoms with Crippen LogP contribution in [0.1, 0.15) is 13.8 Å². The quantitative estimate of drug-likeness (QED) is 0.685. The summed E-state index contributed by atoms with van der Waals surface area (Å²) >= 11 is 0. The molecule has 0 atom stereocenters. The minimum atomic E-state index is -2.98. The standard InChI is InChI=1S/C8H18N2O2S/c1-8(2)7-10-4-3-9-13(11,12)6-5-10/h8-9H,3-7H2,1-2H3. The van der Waals surface area contributed by atoms with Crippen molar-refractivity contribution >= 4 is 10.0 Å². The third-order valence-electron chi connectivity index (χ3n) is 2.05. The second kappa shape index (κ2) is 4.39. The van der Waals surface area contributed by atoms with Gasteiger partial charge in [0.05, 0.1) is 5.75 Å². The van der Waals surface area contributed by atoms with Gasteiger partial charge in [-0.2, -0.15) is 0 Å². The van der Waals surface area contributed by atoms with Crippen LogP contribution in [0, 0.1) is 5.92 Å². The van der Waals surface area contributed by atoms with Gasteiger partial charge in [0.2, 0.25) is 10.0 Å². The summed E-state index contributed by atoms with van der Waals surface area (Å²) in [5.41, 5.74) is 0. The largest absolute Gasteiger partial charge is 0.301 e. The van der Waals surface area contributed by atoms with Crippen LogP contribution < -0.4 is 4.72 Å². The minimum absolute atomic E-state index is 0.236. The van der Waals surface area contributed by atoms with E-state index in [1.54, 1.807) is 0 Å². The smallest absolute Gasteiger partial charge is 0.212 e. The molecule has 0 amide bonds. The Labute approximate surface area is 80.4 Å². The molecule has 5 heteroatoms. The molecule has 1 rings (SSSR count). The van der Waals surface area contributed by atoms with Gasteiger partial charge in [-0.1, -0.05) is 13.8 Å². The van der Waals surface area contributed by atoms with E-state index in [1.165, 1.54) is 0 Å². The van der Waals surface area contributed by atoms with Crippen molar-refractivity contribution in [1.29, 1.82) is 0 Å². The summed E-state index contributed by atoms with van der Waals surface area (Å²) in [6, 6.07) is 0. The predicted molar refractivity (Wildman–Crippen MR) is 53.1 cm³/mol. The molecule has 4 nitrogen and oxygen atoms in total. The lowest BCUT2D eigenvalue weighted by Gasteiger charge is -2.20. The SMILES string of the molecule is CC(C)CN1CCNS(=O)(=O)CC1. The molecule has 0 saturated carbocycles. The van der Waals surface area contributed by atoms with Gasteiger partial charge in [0.1, 0.15) is 0 Å². The molecule has 78 valence electrons. The molecule has 0 aromatic rings. The lowest BCUT2D eigenvalue weighted by Crippen LogP contribution is -2.31. The van der Waals surface area contributed by atoms with Crippen LogP contribution in [0.3, 0.4) is 0 Å². The first-order valence-corrected chi connectivity index (χ1v) is 6.34. The third-order valence-corrected chi connectivity index (χ3v) is 3.41. The summed E-state index contributed by atoms with van der Waals surface area (Å²) in [5.74, 6) is 0.834. The van der Waals surface area contributed by atoms with Crippen LogP contribution in [0.15, 0.2) is 0 Å². The Morgan fingerprint density at radius 1 is 1.38 bits per heavy atom. The van der Waals surface area contributed by atoms with Gasteiger partial charge < -0.3 is 4.90 Å². The summed E-state index contributed by atoms with van der Waals surface area (Å²) in [5, 5.41) is 0. The van der Waals surface area contributed by atoms with E-state index in [4.69, 9.17) is 0 Å². The third kappa shape index (κ3) is 4.06. The van der Waals surface area contributed by atoms with E-state index >= 15 is 0 Å². The van der Waals surface area contributed by atoms with Crippen molar-refractivity contribution in [2.75, 3.05) is 31.9 Å². The molecule has 0 spiro atoms. The topological polar surface area (TPSA) is 49.4 Å². The average molecular weight is 206 g/mol.